The Labute approximate surface area is 65.8 Å². The van der Waals surface area contributed by atoms with Gasteiger partial charge in [-0.05, 0) is 25.0 Å². The maximum Gasteiger partial charge on any atom is 0.0816 e. The van der Waals surface area contributed by atoms with Gasteiger partial charge in [0.2, 0.25) is 0 Å². The average Bonchev–Trinajstić information content (AvgIpc) is 2.58. The maximum absolute atomic E-state index is 4.40. The molecule has 3 nitrogen and oxygen atoms in total. The molecule has 0 N–H and O–H groups in total. The molecule has 1 unspecified atom stereocenters. The van der Waals surface area contributed by atoms with Gasteiger partial charge in [0, 0.05) is 12.7 Å². The van der Waals surface area contributed by atoms with E-state index >= 15 is 0 Å². The second kappa shape index (κ2) is 2.96. The van der Waals surface area contributed by atoms with Crippen molar-refractivity contribution in [2.75, 3.05) is 6.54 Å². The molecule has 1 radical (unpaired) electrons. The summed E-state index contributed by atoms with van der Waals surface area (Å²) in [6.45, 7) is 0.987. The fourth-order valence-electron chi connectivity index (χ4n) is 1.36. The SMILES string of the molecule is c1cnnc(C2CCC[N]2)c1. The molecule has 1 aliphatic rings. The van der Waals surface area contributed by atoms with Crippen LogP contribution in [0.4, 0.5) is 0 Å². The standard InChI is InChI=1S/C8H10N3/c1-3-7(9-5-1)8-4-2-6-10-11-8/h2,4,6-7H,1,3,5H2. The quantitative estimate of drug-likeness (QED) is 0.594. The van der Waals surface area contributed by atoms with E-state index in [2.05, 4.69) is 15.5 Å². The molecule has 0 bridgehead atoms. The molecular weight excluding hydrogens is 138 g/mol. The van der Waals surface area contributed by atoms with Crippen molar-refractivity contribution in [2.45, 2.75) is 18.9 Å². The van der Waals surface area contributed by atoms with E-state index in [-0.39, 0.29) is 0 Å². The summed E-state index contributed by atoms with van der Waals surface area (Å²) in [4.78, 5) is 0. The normalized spacial score (nSPS) is 23.8. The van der Waals surface area contributed by atoms with E-state index in [0.717, 1.165) is 18.7 Å². The van der Waals surface area contributed by atoms with Gasteiger partial charge in [-0.25, -0.2) is 5.32 Å². The molecule has 0 aliphatic carbocycles. The summed E-state index contributed by atoms with van der Waals surface area (Å²) < 4.78 is 0. The minimum Gasteiger partial charge on any atom is -0.232 e. The first-order valence-electron chi connectivity index (χ1n) is 3.91. The lowest BCUT2D eigenvalue weighted by molar-refractivity contribution is 0.606. The Morgan fingerprint density at radius 3 is 3.09 bits per heavy atom. The Bertz CT molecular complexity index is 216. The van der Waals surface area contributed by atoms with Gasteiger partial charge in [0.05, 0.1) is 11.7 Å². The highest BCUT2D eigenvalue weighted by atomic mass is 15.1. The van der Waals surface area contributed by atoms with Gasteiger partial charge >= 0.3 is 0 Å². The van der Waals surface area contributed by atoms with E-state index in [0.29, 0.717) is 6.04 Å². The molecule has 0 aromatic carbocycles. The molecular formula is C8H10N3. The monoisotopic (exact) mass is 148 g/mol. The second-order valence-corrected chi connectivity index (χ2v) is 2.71. The summed E-state index contributed by atoms with van der Waals surface area (Å²) in [6, 6.07) is 4.23. The minimum absolute atomic E-state index is 0.323. The van der Waals surface area contributed by atoms with Crippen molar-refractivity contribution >= 4 is 0 Å². The van der Waals surface area contributed by atoms with Crippen LogP contribution in [0, 0.1) is 0 Å². The maximum atomic E-state index is 4.40. The van der Waals surface area contributed by atoms with Crippen LogP contribution in [-0.4, -0.2) is 16.7 Å². The van der Waals surface area contributed by atoms with Crippen LogP contribution in [0.2, 0.25) is 0 Å². The van der Waals surface area contributed by atoms with Crippen molar-refractivity contribution in [3.63, 3.8) is 0 Å². The van der Waals surface area contributed by atoms with Crippen molar-refractivity contribution in [1.82, 2.24) is 15.5 Å². The van der Waals surface area contributed by atoms with Gasteiger partial charge in [-0.2, -0.15) is 10.2 Å². The summed E-state index contributed by atoms with van der Waals surface area (Å²) in [5.74, 6) is 0. The molecule has 0 spiro atoms. The van der Waals surface area contributed by atoms with Crippen LogP contribution in [0.15, 0.2) is 18.3 Å². The van der Waals surface area contributed by atoms with Crippen LogP contribution in [0.25, 0.3) is 0 Å². The highest BCUT2D eigenvalue weighted by Crippen LogP contribution is 2.21. The molecule has 1 aliphatic heterocycles. The highest BCUT2D eigenvalue weighted by Gasteiger charge is 2.18. The zero-order valence-electron chi connectivity index (χ0n) is 6.27. The van der Waals surface area contributed by atoms with E-state index in [1.54, 1.807) is 6.20 Å². The Kier molecular flexibility index (Phi) is 1.81. The molecule has 1 aromatic rings. The lowest BCUT2D eigenvalue weighted by Crippen LogP contribution is -2.07. The second-order valence-electron chi connectivity index (χ2n) is 2.71. The van der Waals surface area contributed by atoms with Gasteiger partial charge in [-0.3, -0.25) is 0 Å². The zero-order chi connectivity index (χ0) is 7.52. The first-order chi connectivity index (χ1) is 5.47. The van der Waals surface area contributed by atoms with Crippen molar-refractivity contribution in [3.05, 3.63) is 24.0 Å². The van der Waals surface area contributed by atoms with Crippen LogP contribution < -0.4 is 5.32 Å². The van der Waals surface area contributed by atoms with Crippen LogP contribution in [-0.2, 0) is 0 Å². The van der Waals surface area contributed by atoms with Crippen LogP contribution in [0.1, 0.15) is 24.6 Å². The Morgan fingerprint density at radius 2 is 2.45 bits per heavy atom. The lowest BCUT2D eigenvalue weighted by atomic mass is 10.1. The van der Waals surface area contributed by atoms with E-state index in [4.69, 9.17) is 0 Å². The number of nitrogens with zero attached hydrogens (tertiary/aromatic N) is 3. The van der Waals surface area contributed by atoms with Gasteiger partial charge in [0.15, 0.2) is 0 Å². The van der Waals surface area contributed by atoms with E-state index in [1.165, 1.54) is 6.42 Å². The topological polar surface area (TPSA) is 39.9 Å². The Morgan fingerprint density at radius 1 is 1.45 bits per heavy atom. The number of hydrogen-bond acceptors (Lipinski definition) is 2. The van der Waals surface area contributed by atoms with E-state index < -0.39 is 0 Å². The fourth-order valence-corrected chi connectivity index (χ4v) is 1.36. The minimum atomic E-state index is 0.323. The summed E-state index contributed by atoms with van der Waals surface area (Å²) in [6.07, 6.45) is 4.03. The summed E-state index contributed by atoms with van der Waals surface area (Å²) in [5.41, 5.74) is 1.02. The van der Waals surface area contributed by atoms with Crippen LogP contribution >= 0.6 is 0 Å². The summed E-state index contributed by atoms with van der Waals surface area (Å²) in [7, 11) is 0. The zero-order valence-corrected chi connectivity index (χ0v) is 6.27. The van der Waals surface area contributed by atoms with Crippen molar-refractivity contribution in [2.24, 2.45) is 0 Å². The molecule has 1 aromatic heterocycles. The number of rotatable bonds is 1. The van der Waals surface area contributed by atoms with Gasteiger partial charge in [0.25, 0.3) is 0 Å². The van der Waals surface area contributed by atoms with Gasteiger partial charge in [-0.15, -0.1) is 0 Å². The predicted molar refractivity (Wildman–Crippen MR) is 41.0 cm³/mol. The van der Waals surface area contributed by atoms with Gasteiger partial charge in [-0.1, -0.05) is 0 Å². The lowest BCUT2D eigenvalue weighted by Gasteiger charge is -2.04. The van der Waals surface area contributed by atoms with Crippen LogP contribution in [0.5, 0.6) is 0 Å². The third-order valence-electron chi connectivity index (χ3n) is 1.92. The molecule has 11 heavy (non-hydrogen) atoms. The van der Waals surface area contributed by atoms with Gasteiger partial charge in [0.1, 0.15) is 0 Å². The first-order valence-corrected chi connectivity index (χ1v) is 3.91. The first kappa shape index (κ1) is 6.73. The largest absolute Gasteiger partial charge is 0.232 e. The van der Waals surface area contributed by atoms with Gasteiger partial charge < -0.3 is 0 Å². The van der Waals surface area contributed by atoms with Crippen molar-refractivity contribution in [1.29, 1.82) is 0 Å². The van der Waals surface area contributed by atoms with Crippen LogP contribution in [0.3, 0.4) is 0 Å². The average molecular weight is 148 g/mol. The third-order valence-corrected chi connectivity index (χ3v) is 1.92. The van der Waals surface area contributed by atoms with Crippen molar-refractivity contribution in [3.8, 4) is 0 Å². The highest BCUT2D eigenvalue weighted by molar-refractivity contribution is 5.06. The summed E-state index contributed by atoms with van der Waals surface area (Å²) in [5, 5.41) is 12.2. The Balaban J connectivity index is 2.16. The molecule has 1 saturated heterocycles. The molecule has 0 amide bonds. The molecule has 57 valence electrons. The van der Waals surface area contributed by atoms with E-state index in [1.807, 2.05) is 12.1 Å². The molecule has 1 fully saturated rings. The molecule has 3 heteroatoms. The molecule has 0 saturated carbocycles. The fraction of sp³-hybridized carbons (Fsp3) is 0.500. The molecule has 1 atom stereocenters. The third kappa shape index (κ3) is 1.38. The predicted octanol–water partition coefficient (Wildman–Crippen LogP) is 0.916. The molecule has 2 rings (SSSR count). The smallest absolute Gasteiger partial charge is 0.0816 e. The van der Waals surface area contributed by atoms with E-state index in [9.17, 15) is 0 Å². The molecule has 2 heterocycles. The number of hydrogen-bond donors (Lipinski definition) is 0. The van der Waals surface area contributed by atoms with Crippen molar-refractivity contribution < 1.29 is 0 Å². The number of aromatic nitrogens is 2. The summed E-state index contributed by atoms with van der Waals surface area (Å²) >= 11 is 0. The Hall–Kier alpha value is -0.960.